The SMILES string of the molecule is O=C(N[C@@H]1CC[C@H]2[C@H]3Cc4c(ccc5c4O5)[C@@]2(CCN3O)C1)c1ccc([N+](=O)[O-])cc1. The molecule has 0 radical (unpaired) electrons. The van der Waals surface area contributed by atoms with Crippen molar-refractivity contribution in [1.29, 1.82) is 0 Å². The van der Waals surface area contributed by atoms with Gasteiger partial charge in [0.15, 0.2) is 11.5 Å². The number of fused-ring (bicyclic) bond motifs is 3. The first-order valence-corrected chi connectivity index (χ1v) is 10.8. The molecule has 1 saturated carbocycles. The summed E-state index contributed by atoms with van der Waals surface area (Å²) in [5, 5.41) is 26.1. The number of nitro groups is 1. The van der Waals surface area contributed by atoms with Crippen molar-refractivity contribution in [3.8, 4) is 11.5 Å². The largest absolute Gasteiger partial charge is 0.449 e. The van der Waals surface area contributed by atoms with Crippen molar-refractivity contribution in [2.45, 2.75) is 49.6 Å². The number of benzene rings is 2. The number of hydrogen-bond donors (Lipinski definition) is 2. The van der Waals surface area contributed by atoms with Gasteiger partial charge in [0.05, 0.1) is 4.92 Å². The average molecular weight is 421 g/mol. The van der Waals surface area contributed by atoms with Crippen LogP contribution in [0.2, 0.25) is 0 Å². The molecule has 2 bridgehead atoms. The molecule has 8 nitrogen and oxygen atoms in total. The molecule has 2 N–H and O–H groups in total. The van der Waals surface area contributed by atoms with Crippen molar-refractivity contribution in [3.63, 3.8) is 0 Å². The van der Waals surface area contributed by atoms with Crippen LogP contribution in [-0.2, 0) is 11.8 Å². The molecule has 2 fully saturated rings. The summed E-state index contributed by atoms with van der Waals surface area (Å²) < 4.78 is 5.67. The number of hydroxylamine groups is 2. The standard InChI is InChI=1S/C23H23N3O5/c27-22(13-1-4-15(5-2-13)26(29)30)24-14-3-6-18-19-11-16-17(7-8-20-21(16)31-20)23(18,12-14)9-10-25(19)28/h1-2,4-5,7-8,14,18-19,28H,3,6,9-12H2,(H,24,27)/t14-,18+,19-,23-/m1/s1. The molecule has 8 heteroatoms. The minimum absolute atomic E-state index is 0.0144. The van der Waals surface area contributed by atoms with Crippen LogP contribution in [0.1, 0.15) is 47.2 Å². The van der Waals surface area contributed by atoms with E-state index < -0.39 is 4.92 Å². The normalized spacial score (nSPS) is 30.3. The van der Waals surface area contributed by atoms with E-state index in [-0.39, 0.29) is 29.1 Å². The van der Waals surface area contributed by atoms with Gasteiger partial charge in [-0.3, -0.25) is 14.9 Å². The number of non-ortho nitro benzene ring substituents is 1. The highest BCUT2D eigenvalue weighted by Gasteiger charge is 2.57. The van der Waals surface area contributed by atoms with E-state index in [1.54, 1.807) is 0 Å². The van der Waals surface area contributed by atoms with Crippen LogP contribution >= 0.6 is 0 Å². The van der Waals surface area contributed by atoms with Crippen LogP contribution in [0.4, 0.5) is 5.69 Å². The van der Waals surface area contributed by atoms with Gasteiger partial charge < -0.3 is 15.3 Å². The molecule has 2 aromatic rings. The predicted octanol–water partition coefficient (Wildman–Crippen LogP) is 3.56. The average Bonchev–Trinajstić information content (AvgIpc) is 3.56. The molecule has 1 saturated heterocycles. The highest BCUT2D eigenvalue weighted by Crippen LogP contribution is 2.61. The van der Waals surface area contributed by atoms with Crippen LogP contribution in [0.15, 0.2) is 36.4 Å². The Morgan fingerprint density at radius 1 is 1.23 bits per heavy atom. The molecule has 6 rings (SSSR count). The van der Waals surface area contributed by atoms with Gasteiger partial charge in [0.25, 0.3) is 11.6 Å². The maximum atomic E-state index is 12.8. The van der Waals surface area contributed by atoms with Gasteiger partial charge in [-0.1, -0.05) is 6.07 Å². The second kappa shape index (κ2) is 6.51. The number of piperidine rings is 1. The quantitative estimate of drug-likeness (QED) is 0.380. The number of nitrogens with zero attached hydrogens (tertiary/aromatic N) is 2. The van der Waals surface area contributed by atoms with Crippen molar-refractivity contribution >= 4 is 11.6 Å². The van der Waals surface area contributed by atoms with Gasteiger partial charge in [0.2, 0.25) is 0 Å². The lowest BCUT2D eigenvalue weighted by Gasteiger charge is -2.58. The number of nitrogens with one attached hydrogen (secondary N) is 1. The smallest absolute Gasteiger partial charge is 0.269 e. The number of carbonyl (C=O) groups excluding carboxylic acids is 1. The van der Waals surface area contributed by atoms with Crippen LogP contribution in [0.5, 0.6) is 11.5 Å². The Labute approximate surface area is 178 Å². The Balaban J connectivity index is 1.28. The van der Waals surface area contributed by atoms with Gasteiger partial charge in [-0.15, -0.1) is 0 Å². The fourth-order valence-electron chi connectivity index (χ4n) is 6.37. The van der Waals surface area contributed by atoms with Crippen molar-refractivity contribution in [3.05, 3.63) is 63.2 Å². The molecule has 0 unspecified atom stereocenters. The first kappa shape index (κ1) is 18.8. The number of amides is 1. The Bertz CT molecular complexity index is 1100. The molecule has 0 spiro atoms. The summed E-state index contributed by atoms with van der Waals surface area (Å²) in [4.78, 5) is 23.2. The number of nitro benzene ring substituents is 1. The third-order valence-corrected chi connectivity index (χ3v) is 7.80. The molecular formula is C23H23N3O5. The number of rotatable bonds is 3. The Morgan fingerprint density at radius 2 is 2.03 bits per heavy atom. The lowest BCUT2D eigenvalue weighted by atomic mass is 9.52. The number of carbonyl (C=O) groups is 1. The monoisotopic (exact) mass is 421 g/mol. The molecule has 0 aromatic heterocycles. The third kappa shape index (κ3) is 2.78. The summed E-state index contributed by atoms with van der Waals surface area (Å²) in [5.41, 5.74) is 2.87. The lowest BCUT2D eigenvalue weighted by molar-refractivity contribution is -0.384. The second-order valence-corrected chi connectivity index (χ2v) is 9.22. The fourth-order valence-corrected chi connectivity index (χ4v) is 6.37. The van der Waals surface area contributed by atoms with E-state index in [0.717, 1.165) is 43.6 Å². The van der Waals surface area contributed by atoms with E-state index >= 15 is 0 Å². The van der Waals surface area contributed by atoms with Gasteiger partial charge >= 0.3 is 0 Å². The van der Waals surface area contributed by atoms with E-state index in [2.05, 4.69) is 11.4 Å². The van der Waals surface area contributed by atoms with Crippen LogP contribution in [0, 0.1) is 16.0 Å². The van der Waals surface area contributed by atoms with Crippen molar-refractivity contribution in [1.82, 2.24) is 10.4 Å². The molecule has 2 aliphatic carbocycles. The highest BCUT2D eigenvalue weighted by molar-refractivity contribution is 5.94. The van der Waals surface area contributed by atoms with Crippen molar-refractivity contribution < 1.29 is 19.7 Å². The van der Waals surface area contributed by atoms with E-state index in [9.17, 15) is 20.1 Å². The second-order valence-electron chi connectivity index (χ2n) is 9.22. The molecule has 31 heavy (non-hydrogen) atoms. The van der Waals surface area contributed by atoms with E-state index in [0.29, 0.717) is 18.0 Å². The van der Waals surface area contributed by atoms with Crippen molar-refractivity contribution in [2.24, 2.45) is 5.92 Å². The third-order valence-electron chi connectivity index (χ3n) is 7.80. The van der Waals surface area contributed by atoms with E-state index in [1.807, 2.05) is 6.07 Å². The molecule has 1 amide bonds. The maximum absolute atomic E-state index is 12.8. The molecule has 160 valence electrons. The Hall–Kier alpha value is -2.97. The van der Waals surface area contributed by atoms with Crippen LogP contribution in [0.25, 0.3) is 0 Å². The minimum Gasteiger partial charge on any atom is -0.449 e. The summed E-state index contributed by atoms with van der Waals surface area (Å²) in [6.07, 6.45) is 4.27. The first-order chi connectivity index (χ1) is 15.0. The number of ether oxygens (including phenoxy) is 1. The van der Waals surface area contributed by atoms with Crippen LogP contribution < -0.4 is 10.1 Å². The van der Waals surface area contributed by atoms with Crippen LogP contribution in [0.3, 0.4) is 0 Å². The molecular weight excluding hydrogens is 398 g/mol. The van der Waals surface area contributed by atoms with Crippen LogP contribution in [-0.4, -0.2) is 39.7 Å². The summed E-state index contributed by atoms with van der Waals surface area (Å²) >= 11 is 0. The molecule has 2 aromatic carbocycles. The summed E-state index contributed by atoms with van der Waals surface area (Å²) in [6, 6.07) is 10.1. The highest BCUT2D eigenvalue weighted by atomic mass is 16.6. The zero-order chi connectivity index (χ0) is 21.3. The Kier molecular flexibility index (Phi) is 3.94. The molecule has 2 heterocycles. The zero-order valence-corrected chi connectivity index (χ0v) is 16.9. The molecule has 4 atom stereocenters. The predicted molar refractivity (Wildman–Crippen MR) is 110 cm³/mol. The fraction of sp³-hybridized carbons (Fsp3) is 0.435. The Morgan fingerprint density at radius 3 is 2.81 bits per heavy atom. The maximum Gasteiger partial charge on any atom is 0.269 e. The summed E-state index contributed by atoms with van der Waals surface area (Å²) in [6.45, 7) is 0.627. The molecule has 4 aliphatic rings. The van der Waals surface area contributed by atoms with Gasteiger partial charge in [-0.05, 0) is 61.8 Å². The van der Waals surface area contributed by atoms with Gasteiger partial charge in [0, 0.05) is 47.3 Å². The van der Waals surface area contributed by atoms with Gasteiger partial charge in [-0.25, -0.2) is 0 Å². The van der Waals surface area contributed by atoms with E-state index in [4.69, 9.17) is 4.74 Å². The van der Waals surface area contributed by atoms with Gasteiger partial charge in [0.1, 0.15) is 0 Å². The summed E-state index contributed by atoms with van der Waals surface area (Å²) in [7, 11) is 0. The van der Waals surface area contributed by atoms with Gasteiger partial charge in [-0.2, -0.15) is 5.06 Å². The first-order valence-electron chi connectivity index (χ1n) is 10.8. The van der Waals surface area contributed by atoms with E-state index in [1.165, 1.54) is 40.5 Å². The lowest BCUT2D eigenvalue weighted by Crippen LogP contribution is -2.62. The minimum atomic E-state index is -0.470. The van der Waals surface area contributed by atoms with Crippen molar-refractivity contribution in [2.75, 3.05) is 6.54 Å². The molecule has 2 aliphatic heterocycles. The summed E-state index contributed by atoms with van der Waals surface area (Å²) in [5.74, 6) is 2.07. The zero-order valence-electron chi connectivity index (χ0n) is 16.9. The number of hydrogen-bond acceptors (Lipinski definition) is 6. The topological polar surface area (TPSA) is 108 Å².